The van der Waals surface area contributed by atoms with Gasteiger partial charge in [-0.1, -0.05) is 0 Å². The highest BCUT2D eigenvalue weighted by molar-refractivity contribution is 5.48. The van der Waals surface area contributed by atoms with Crippen molar-refractivity contribution in [2.75, 3.05) is 11.4 Å². The summed E-state index contributed by atoms with van der Waals surface area (Å²) in [5.41, 5.74) is -1.50. The molecule has 2 aliphatic heterocycles. The largest absolute Gasteiger partial charge is 0.473 e. The van der Waals surface area contributed by atoms with Crippen LogP contribution in [0.4, 0.5) is 27.8 Å². The first-order valence-corrected chi connectivity index (χ1v) is 10.4. The molecule has 1 fully saturated rings. The lowest BCUT2D eigenvalue weighted by Crippen LogP contribution is -2.24. The minimum atomic E-state index is -4.65. The Labute approximate surface area is 189 Å². The number of halogens is 5. The molecule has 34 heavy (non-hydrogen) atoms. The SMILES string of the molecule is O=c1nc(OCc2cc(F)c(Oc3ccc(C(F)(F)F)nc3)c(F)c2)cc2n1CC1CCCN21. The van der Waals surface area contributed by atoms with Crippen molar-refractivity contribution in [1.82, 2.24) is 14.5 Å². The number of hydrogen-bond donors (Lipinski definition) is 0. The number of alkyl halides is 3. The Morgan fingerprint density at radius 2 is 1.88 bits per heavy atom. The van der Waals surface area contributed by atoms with E-state index in [0.29, 0.717) is 18.4 Å². The summed E-state index contributed by atoms with van der Waals surface area (Å²) < 4.78 is 78.9. The summed E-state index contributed by atoms with van der Waals surface area (Å²) in [4.78, 5) is 21.5. The molecule has 2 aromatic heterocycles. The Kier molecular flexibility index (Phi) is 5.37. The highest BCUT2D eigenvalue weighted by atomic mass is 19.4. The Bertz CT molecular complexity index is 1270. The van der Waals surface area contributed by atoms with Crippen LogP contribution in [0.15, 0.2) is 41.3 Å². The van der Waals surface area contributed by atoms with Gasteiger partial charge < -0.3 is 14.4 Å². The van der Waals surface area contributed by atoms with Gasteiger partial charge in [0, 0.05) is 25.2 Å². The molecule has 178 valence electrons. The molecular formula is C22H17F5N4O3. The summed E-state index contributed by atoms with van der Waals surface area (Å²) in [6, 6.07) is 5.38. The highest BCUT2D eigenvalue weighted by Gasteiger charge is 2.34. The molecule has 0 radical (unpaired) electrons. The van der Waals surface area contributed by atoms with E-state index >= 15 is 0 Å². The van der Waals surface area contributed by atoms with E-state index in [2.05, 4.69) is 14.9 Å². The van der Waals surface area contributed by atoms with Crippen LogP contribution in [0.3, 0.4) is 0 Å². The van der Waals surface area contributed by atoms with Gasteiger partial charge in [-0.25, -0.2) is 18.6 Å². The van der Waals surface area contributed by atoms with Gasteiger partial charge in [0.15, 0.2) is 17.4 Å². The van der Waals surface area contributed by atoms with E-state index in [1.807, 2.05) is 0 Å². The standard InChI is InChI=1S/C22H17F5N4O3/c23-15-6-12(7-16(24)20(15)34-14-3-4-17(28-9-14)22(25,26)27)11-33-18-8-19-30-5-1-2-13(30)10-31(19)21(32)29-18/h3-4,6-9,13H,1-2,5,10-11H2. The molecule has 0 spiro atoms. The van der Waals surface area contributed by atoms with Crippen molar-refractivity contribution in [3.05, 3.63) is 69.9 Å². The average Bonchev–Trinajstić information content (AvgIpc) is 3.37. The van der Waals surface area contributed by atoms with Crippen LogP contribution >= 0.6 is 0 Å². The second-order valence-corrected chi connectivity index (χ2v) is 7.99. The molecule has 4 heterocycles. The molecule has 0 amide bonds. The molecule has 0 bridgehead atoms. The fraction of sp³-hybridized carbons (Fsp3) is 0.318. The third-order valence-corrected chi connectivity index (χ3v) is 5.72. The summed E-state index contributed by atoms with van der Waals surface area (Å²) in [7, 11) is 0. The van der Waals surface area contributed by atoms with Crippen molar-refractivity contribution < 1.29 is 31.4 Å². The van der Waals surface area contributed by atoms with E-state index < -0.39 is 34.9 Å². The van der Waals surface area contributed by atoms with Crippen LogP contribution in [0, 0.1) is 11.6 Å². The predicted molar refractivity (Wildman–Crippen MR) is 109 cm³/mol. The van der Waals surface area contributed by atoms with Crippen LogP contribution < -0.4 is 20.1 Å². The van der Waals surface area contributed by atoms with Crippen LogP contribution in [0.2, 0.25) is 0 Å². The number of ether oxygens (including phenoxy) is 2. The Morgan fingerprint density at radius 3 is 2.56 bits per heavy atom. The third kappa shape index (κ3) is 4.15. The molecule has 12 heteroatoms. The van der Waals surface area contributed by atoms with Gasteiger partial charge in [-0.3, -0.25) is 4.57 Å². The van der Waals surface area contributed by atoms with Gasteiger partial charge in [-0.2, -0.15) is 18.2 Å². The molecule has 2 aliphatic rings. The molecule has 5 rings (SSSR count). The maximum atomic E-state index is 14.5. The molecule has 7 nitrogen and oxygen atoms in total. The third-order valence-electron chi connectivity index (χ3n) is 5.72. The number of hydrogen-bond acceptors (Lipinski definition) is 6. The predicted octanol–water partition coefficient (Wildman–Crippen LogP) is 4.29. The fourth-order valence-corrected chi connectivity index (χ4v) is 4.17. The number of nitrogens with zero attached hydrogens (tertiary/aromatic N) is 4. The summed E-state index contributed by atoms with van der Waals surface area (Å²) in [6.45, 7) is 1.14. The number of rotatable bonds is 5. The van der Waals surface area contributed by atoms with Gasteiger partial charge in [0.2, 0.25) is 5.88 Å². The van der Waals surface area contributed by atoms with Gasteiger partial charge in [0.05, 0.1) is 6.20 Å². The Hall–Kier alpha value is -3.70. The normalized spacial score (nSPS) is 17.0. The topological polar surface area (TPSA) is 69.5 Å². The van der Waals surface area contributed by atoms with E-state index in [1.165, 1.54) is 0 Å². The van der Waals surface area contributed by atoms with Gasteiger partial charge in [0.25, 0.3) is 0 Å². The lowest BCUT2D eigenvalue weighted by molar-refractivity contribution is -0.141. The van der Waals surface area contributed by atoms with Gasteiger partial charge >= 0.3 is 11.9 Å². The van der Waals surface area contributed by atoms with Gasteiger partial charge in [-0.05, 0) is 42.7 Å². The average molecular weight is 480 g/mol. The van der Waals surface area contributed by atoms with Crippen molar-refractivity contribution >= 4 is 5.82 Å². The zero-order chi connectivity index (χ0) is 24.0. The summed E-state index contributed by atoms with van der Waals surface area (Å²) in [5.74, 6) is -2.47. The van der Waals surface area contributed by atoms with Crippen molar-refractivity contribution in [1.29, 1.82) is 0 Å². The van der Waals surface area contributed by atoms with E-state index in [4.69, 9.17) is 9.47 Å². The summed E-state index contributed by atoms with van der Waals surface area (Å²) in [5, 5.41) is 0. The Balaban J connectivity index is 1.30. The number of pyridine rings is 1. The zero-order valence-electron chi connectivity index (χ0n) is 17.5. The number of fused-ring (bicyclic) bond motifs is 3. The first-order valence-electron chi connectivity index (χ1n) is 10.4. The molecular weight excluding hydrogens is 463 g/mol. The molecule has 0 aliphatic carbocycles. The summed E-state index contributed by atoms with van der Waals surface area (Å²) in [6.07, 6.45) is -1.90. The second kappa shape index (κ2) is 8.26. The van der Waals surface area contributed by atoms with Crippen molar-refractivity contribution in [2.24, 2.45) is 0 Å². The first kappa shape index (κ1) is 22.1. The minimum absolute atomic E-state index is 0.0424. The monoisotopic (exact) mass is 480 g/mol. The summed E-state index contributed by atoms with van der Waals surface area (Å²) >= 11 is 0. The number of aromatic nitrogens is 3. The molecule has 3 aromatic rings. The number of benzene rings is 1. The zero-order valence-corrected chi connectivity index (χ0v) is 17.5. The van der Waals surface area contributed by atoms with Crippen molar-refractivity contribution in [2.45, 2.75) is 38.2 Å². The number of anilines is 1. The fourth-order valence-electron chi connectivity index (χ4n) is 4.17. The quantitative estimate of drug-likeness (QED) is 0.508. The molecule has 1 aromatic carbocycles. The molecule has 1 saturated heterocycles. The molecule has 1 unspecified atom stereocenters. The Morgan fingerprint density at radius 1 is 1.12 bits per heavy atom. The van der Waals surface area contributed by atoms with Crippen LogP contribution in [-0.4, -0.2) is 27.1 Å². The first-order chi connectivity index (χ1) is 16.2. The van der Waals surface area contributed by atoms with Crippen LogP contribution in [0.25, 0.3) is 0 Å². The molecule has 0 saturated carbocycles. The van der Waals surface area contributed by atoms with E-state index in [0.717, 1.165) is 43.8 Å². The smallest absolute Gasteiger partial charge is 0.433 e. The van der Waals surface area contributed by atoms with Gasteiger partial charge in [0.1, 0.15) is 23.9 Å². The van der Waals surface area contributed by atoms with Crippen LogP contribution in [0.5, 0.6) is 17.4 Å². The molecule has 0 N–H and O–H groups in total. The van der Waals surface area contributed by atoms with Crippen molar-refractivity contribution in [3.63, 3.8) is 0 Å². The maximum Gasteiger partial charge on any atom is 0.433 e. The van der Waals surface area contributed by atoms with Crippen molar-refractivity contribution in [3.8, 4) is 17.4 Å². The van der Waals surface area contributed by atoms with Crippen LogP contribution in [-0.2, 0) is 19.3 Å². The van der Waals surface area contributed by atoms with E-state index in [9.17, 15) is 26.7 Å². The van der Waals surface area contributed by atoms with E-state index in [-0.39, 0.29) is 29.8 Å². The lowest BCUT2D eigenvalue weighted by atomic mass is 10.2. The van der Waals surface area contributed by atoms with Crippen LogP contribution in [0.1, 0.15) is 24.1 Å². The maximum absolute atomic E-state index is 14.5. The minimum Gasteiger partial charge on any atom is -0.473 e. The van der Waals surface area contributed by atoms with E-state index in [1.54, 1.807) is 10.6 Å². The highest BCUT2D eigenvalue weighted by Crippen LogP contribution is 2.34. The van der Waals surface area contributed by atoms with Gasteiger partial charge in [-0.15, -0.1) is 0 Å². The second-order valence-electron chi connectivity index (χ2n) is 7.99. The lowest BCUT2D eigenvalue weighted by Gasteiger charge is -2.17. The molecule has 1 atom stereocenters.